The van der Waals surface area contributed by atoms with E-state index in [2.05, 4.69) is 10.6 Å². The van der Waals surface area contributed by atoms with Gasteiger partial charge in [0.25, 0.3) is 5.91 Å². The van der Waals surface area contributed by atoms with Crippen molar-refractivity contribution >= 4 is 87.3 Å². The molecular weight excluding hydrogens is 598 g/mol. The molecule has 0 aliphatic rings. The number of carbonyl (C=O) groups excluding carboxylic acids is 2. The average Bonchev–Trinajstić information content (AvgIpc) is 2.89. The number of thioether (sulfide) groups is 1. The topological polar surface area (TPSA) is 114 Å². The monoisotopic (exact) mass is 616 g/mol. The Kier molecular flexibility index (Phi) is 10.0. The number of methoxy groups -OCH3 is 2. The van der Waals surface area contributed by atoms with E-state index < -0.39 is 33.3 Å². The lowest BCUT2D eigenvalue weighted by molar-refractivity contribution is -0.115. The molecule has 3 aromatic rings. The van der Waals surface area contributed by atoms with Crippen molar-refractivity contribution in [2.45, 2.75) is 17.1 Å². The Balaban J connectivity index is 1.79. The average molecular weight is 618 g/mol. The predicted octanol–water partition coefficient (Wildman–Crippen LogP) is 7.39. The molecule has 200 valence electrons. The molecule has 0 aromatic heterocycles. The quantitative estimate of drug-likeness (QED) is 0.130. The number of carboxylic acid groups (broad SMARTS) is 1. The van der Waals surface area contributed by atoms with Crippen molar-refractivity contribution in [3.63, 3.8) is 0 Å². The van der Waals surface area contributed by atoms with E-state index >= 15 is 0 Å². The van der Waals surface area contributed by atoms with E-state index in [1.54, 1.807) is 49.4 Å². The molecule has 0 heterocycles. The maximum Gasteiger partial charge on any atom is 0.338 e. The van der Waals surface area contributed by atoms with Crippen LogP contribution in [0.2, 0.25) is 20.1 Å². The molecule has 0 radical (unpaired) electrons. The number of carboxylic acids is 1. The van der Waals surface area contributed by atoms with Crippen molar-refractivity contribution in [2.24, 2.45) is 0 Å². The minimum atomic E-state index is -1.50. The van der Waals surface area contributed by atoms with Gasteiger partial charge in [0.05, 0.1) is 56.4 Å². The third-order valence-electron chi connectivity index (χ3n) is 5.15. The Morgan fingerprint density at radius 1 is 0.868 bits per heavy atom. The summed E-state index contributed by atoms with van der Waals surface area (Å²) >= 11 is 25.4. The van der Waals surface area contributed by atoms with Crippen LogP contribution in [0.5, 0.6) is 11.5 Å². The van der Waals surface area contributed by atoms with Gasteiger partial charge in [0, 0.05) is 16.6 Å². The number of hydrogen-bond acceptors (Lipinski definition) is 6. The fraction of sp³-hybridized carbons (Fsp3) is 0.160. The fourth-order valence-electron chi connectivity index (χ4n) is 3.29. The third-order valence-corrected chi connectivity index (χ3v) is 8.04. The summed E-state index contributed by atoms with van der Waals surface area (Å²) < 4.78 is 10.5. The number of anilines is 2. The highest BCUT2D eigenvalue weighted by atomic mass is 35.5. The Labute approximate surface area is 242 Å². The molecule has 0 spiro atoms. The van der Waals surface area contributed by atoms with Crippen molar-refractivity contribution in [2.75, 3.05) is 24.9 Å². The van der Waals surface area contributed by atoms with Gasteiger partial charge in [-0.1, -0.05) is 52.5 Å². The van der Waals surface area contributed by atoms with Crippen LogP contribution in [0.15, 0.2) is 47.4 Å². The summed E-state index contributed by atoms with van der Waals surface area (Å²) in [4.78, 5) is 38.3. The fourth-order valence-corrected chi connectivity index (χ4v) is 5.24. The second-order valence-corrected chi connectivity index (χ2v) is 10.5. The number of hydrogen-bond donors (Lipinski definition) is 3. The van der Waals surface area contributed by atoms with Crippen LogP contribution in [0.4, 0.5) is 11.4 Å². The summed E-state index contributed by atoms with van der Waals surface area (Å²) in [5.74, 6) is -1.62. The van der Waals surface area contributed by atoms with E-state index in [0.717, 1.165) is 0 Å². The smallest absolute Gasteiger partial charge is 0.338 e. The van der Waals surface area contributed by atoms with Gasteiger partial charge in [-0.15, -0.1) is 11.8 Å². The molecule has 0 saturated heterocycles. The van der Waals surface area contributed by atoms with Gasteiger partial charge < -0.3 is 25.2 Å². The van der Waals surface area contributed by atoms with Crippen molar-refractivity contribution in [3.05, 3.63) is 73.7 Å². The van der Waals surface area contributed by atoms with Crippen LogP contribution in [-0.4, -0.2) is 42.4 Å². The molecule has 38 heavy (non-hydrogen) atoms. The van der Waals surface area contributed by atoms with Crippen molar-refractivity contribution in [1.82, 2.24) is 0 Å². The molecular formula is C25H20Cl4N2O6S. The summed E-state index contributed by atoms with van der Waals surface area (Å²) in [5, 5.41) is 13.2. The van der Waals surface area contributed by atoms with Crippen molar-refractivity contribution < 1.29 is 29.0 Å². The molecule has 2 amide bonds. The Morgan fingerprint density at radius 3 is 2.13 bits per heavy atom. The van der Waals surface area contributed by atoms with Gasteiger partial charge in [-0.2, -0.15) is 0 Å². The molecule has 0 bridgehead atoms. The summed E-state index contributed by atoms with van der Waals surface area (Å²) in [6.45, 7) is 1.72. The van der Waals surface area contributed by atoms with Crippen LogP contribution in [-0.2, 0) is 4.79 Å². The van der Waals surface area contributed by atoms with E-state index in [0.29, 0.717) is 27.8 Å². The minimum absolute atomic E-state index is 0.245. The number of ether oxygens (including phenoxy) is 2. The van der Waals surface area contributed by atoms with E-state index in [1.165, 1.54) is 26.0 Å². The zero-order chi connectivity index (χ0) is 28.1. The van der Waals surface area contributed by atoms with Gasteiger partial charge in [0.2, 0.25) is 5.91 Å². The van der Waals surface area contributed by atoms with Gasteiger partial charge in [0.1, 0.15) is 11.5 Å². The minimum Gasteiger partial charge on any atom is -0.497 e. The van der Waals surface area contributed by atoms with Crippen LogP contribution in [0.25, 0.3) is 0 Å². The first-order valence-electron chi connectivity index (χ1n) is 10.7. The second-order valence-electron chi connectivity index (χ2n) is 7.61. The molecule has 1 atom stereocenters. The molecule has 8 nitrogen and oxygen atoms in total. The second kappa shape index (κ2) is 12.8. The van der Waals surface area contributed by atoms with Crippen LogP contribution in [0.1, 0.15) is 27.6 Å². The predicted molar refractivity (Wildman–Crippen MR) is 151 cm³/mol. The lowest BCUT2D eigenvalue weighted by Crippen LogP contribution is -2.22. The van der Waals surface area contributed by atoms with Gasteiger partial charge in [-0.05, 0) is 37.3 Å². The van der Waals surface area contributed by atoms with Gasteiger partial charge >= 0.3 is 5.97 Å². The third kappa shape index (κ3) is 6.59. The zero-order valence-electron chi connectivity index (χ0n) is 20.0. The molecule has 3 aromatic carbocycles. The highest BCUT2D eigenvalue weighted by molar-refractivity contribution is 8.00. The normalized spacial score (nSPS) is 11.4. The lowest BCUT2D eigenvalue weighted by Gasteiger charge is -2.16. The lowest BCUT2D eigenvalue weighted by atomic mass is 10.1. The molecule has 3 rings (SSSR count). The Morgan fingerprint density at radius 2 is 1.53 bits per heavy atom. The van der Waals surface area contributed by atoms with Gasteiger partial charge in [-0.3, -0.25) is 9.59 Å². The van der Waals surface area contributed by atoms with Crippen LogP contribution < -0.4 is 20.1 Å². The first kappa shape index (κ1) is 29.7. The van der Waals surface area contributed by atoms with E-state index in [9.17, 15) is 19.5 Å². The van der Waals surface area contributed by atoms with Crippen LogP contribution >= 0.6 is 58.2 Å². The van der Waals surface area contributed by atoms with Crippen molar-refractivity contribution in [3.8, 4) is 11.5 Å². The first-order valence-corrected chi connectivity index (χ1v) is 13.1. The first-order chi connectivity index (χ1) is 18.0. The van der Waals surface area contributed by atoms with Gasteiger partial charge in [-0.25, -0.2) is 4.79 Å². The standard InChI is InChI=1S/C25H20Cl4N2O6S/c1-11(23(32)31-15-10-13(36-2)7-8-16(15)37-3)38-14-6-4-5-12(9-14)30-24(33)17-18(25(34)35)20(27)22(29)21(28)19(17)26/h4-11H,1-3H3,(H,30,33)(H,31,32)(H,34,35). The number of aromatic carboxylic acids is 1. The Hall–Kier alpha value is -2.82. The Bertz CT molecular complexity index is 1420. The number of halogens is 4. The van der Waals surface area contributed by atoms with E-state index in [1.807, 2.05) is 0 Å². The summed E-state index contributed by atoms with van der Waals surface area (Å²) in [7, 11) is 3.01. The zero-order valence-corrected chi connectivity index (χ0v) is 23.9. The number of amides is 2. The summed E-state index contributed by atoms with van der Waals surface area (Å²) in [6, 6.07) is 11.7. The number of nitrogens with one attached hydrogen (secondary N) is 2. The number of rotatable bonds is 9. The van der Waals surface area contributed by atoms with Gasteiger partial charge in [0.15, 0.2) is 0 Å². The number of benzene rings is 3. The SMILES string of the molecule is COc1ccc(OC)c(NC(=O)C(C)Sc2cccc(NC(=O)c3c(Cl)c(Cl)c(Cl)c(Cl)c3C(=O)O)c2)c1. The molecule has 0 saturated carbocycles. The molecule has 0 fully saturated rings. The molecule has 1 unspecified atom stereocenters. The van der Waals surface area contributed by atoms with E-state index in [4.69, 9.17) is 55.9 Å². The maximum absolute atomic E-state index is 13.0. The van der Waals surface area contributed by atoms with Crippen LogP contribution in [0.3, 0.4) is 0 Å². The summed E-state index contributed by atoms with van der Waals surface area (Å²) in [5.41, 5.74) is -0.239. The van der Waals surface area contributed by atoms with E-state index in [-0.39, 0.29) is 21.0 Å². The number of carbonyl (C=O) groups is 3. The molecule has 3 N–H and O–H groups in total. The van der Waals surface area contributed by atoms with Crippen molar-refractivity contribution in [1.29, 1.82) is 0 Å². The highest BCUT2D eigenvalue weighted by Gasteiger charge is 2.29. The summed E-state index contributed by atoms with van der Waals surface area (Å²) in [6.07, 6.45) is 0. The molecule has 0 aliphatic carbocycles. The molecule has 0 aliphatic heterocycles. The molecule has 13 heteroatoms. The van der Waals surface area contributed by atoms with Crippen LogP contribution in [0, 0.1) is 0 Å². The largest absolute Gasteiger partial charge is 0.497 e. The highest BCUT2D eigenvalue weighted by Crippen LogP contribution is 2.42. The maximum atomic E-state index is 13.0.